The van der Waals surface area contributed by atoms with Crippen molar-refractivity contribution in [3.05, 3.63) is 192 Å². The average Bonchev–Trinajstić information content (AvgIpc) is 3.81. The van der Waals surface area contributed by atoms with Gasteiger partial charge in [0.05, 0.1) is 45.8 Å². The Bertz CT molecular complexity index is 3640. The second kappa shape index (κ2) is 15.4. The second-order valence-corrected chi connectivity index (χ2v) is 16.8. The molecule has 8 nitrogen and oxygen atoms in total. The van der Waals surface area contributed by atoms with Crippen LogP contribution in [-0.4, -0.2) is 29.1 Å². The Balaban J connectivity index is 0.899. The molecule has 0 spiro atoms. The van der Waals surface area contributed by atoms with Crippen LogP contribution in [0.2, 0.25) is 0 Å². The molecule has 0 aliphatic carbocycles. The normalized spacial score (nSPS) is 11.6. The maximum absolute atomic E-state index is 6.77. The number of hydrogen-bond acceptors (Lipinski definition) is 6. The lowest BCUT2D eigenvalue weighted by Crippen LogP contribution is -1.99. The predicted octanol–water partition coefficient (Wildman–Crippen LogP) is 14.2. The van der Waals surface area contributed by atoms with Gasteiger partial charge in [0.25, 0.3) is 0 Å². The number of nitrogens with zero attached hydrogens (tertiary/aromatic N) is 6. The van der Waals surface area contributed by atoms with Gasteiger partial charge in [0, 0.05) is 57.2 Å². The minimum atomic E-state index is 0.720. The van der Waals surface area contributed by atoms with E-state index in [9.17, 15) is 0 Å². The molecule has 11 aromatic rings. The second-order valence-electron chi connectivity index (χ2n) is 16.8. The van der Waals surface area contributed by atoms with Crippen LogP contribution in [-0.2, 0) is 0 Å². The zero-order valence-electron chi connectivity index (χ0n) is 36.5. The van der Waals surface area contributed by atoms with Crippen molar-refractivity contribution >= 4 is 43.6 Å². The fraction of sp³-hybridized carbons (Fsp3) is 0.107. The first-order chi connectivity index (χ1) is 31.2. The van der Waals surface area contributed by atoms with Gasteiger partial charge in [0.2, 0.25) is 0 Å². The smallest absolute Gasteiger partial charge is 0.137 e. The van der Waals surface area contributed by atoms with Gasteiger partial charge in [-0.2, -0.15) is 0 Å². The summed E-state index contributed by atoms with van der Waals surface area (Å²) in [6.45, 7) is 12.6. The molecule has 0 bridgehead atoms. The van der Waals surface area contributed by atoms with Gasteiger partial charge >= 0.3 is 0 Å². The number of ether oxygens (including phenoxy) is 2. The molecule has 5 heterocycles. The van der Waals surface area contributed by atoms with Gasteiger partial charge < -0.3 is 9.47 Å². The van der Waals surface area contributed by atoms with Crippen molar-refractivity contribution in [1.82, 2.24) is 29.1 Å². The fourth-order valence-electron chi connectivity index (χ4n) is 9.03. The Labute approximate surface area is 371 Å². The molecule has 0 saturated heterocycles. The lowest BCUT2D eigenvalue weighted by molar-refractivity contribution is 0.479. The predicted molar refractivity (Wildman–Crippen MR) is 259 cm³/mol. The molecule has 0 amide bonds. The van der Waals surface area contributed by atoms with Gasteiger partial charge in [0.1, 0.15) is 34.6 Å². The highest BCUT2D eigenvalue weighted by molar-refractivity contribution is 6.10. The third kappa shape index (κ3) is 6.71. The first kappa shape index (κ1) is 38.8. The average molecular weight is 833 g/mol. The molecule has 0 radical (unpaired) electrons. The molecule has 5 aromatic heterocycles. The SMILES string of the molecule is Cc1cc(Oc2ccc3c4ccccc4n(-c4cc(C)ccn4)c3c2)cc(-c2cnc(-c3cc(Oc4ccc5c6ccccc6n(-c6cc(C)ccn6)c5c4)c(C)c(C)c3C)cn2)c1. The number of benzene rings is 6. The van der Waals surface area contributed by atoms with Crippen LogP contribution in [0.5, 0.6) is 23.0 Å². The van der Waals surface area contributed by atoms with Crippen LogP contribution in [0.1, 0.15) is 33.4 Å². The van der Waals surface area contributed by atoms with Crippen molar-refractivity contribution in [3.8, 4) is 57.1 Å². The lowest BCUT2D eigenvalue weighted by atomic mass is 9.96. The first-order valence-corrected chi connectivity index (χ1v) is 21.5. The zero-order valence-corrected chi connectivity index (χ0v) is 36.5. The number of rotatable bonds is 8. The monoisotopic (exact) mass is 832 g/mol. The standard InChI is InChI=1S/C56H44N6O2/c1-33-19-21-57-55(25-33)61-50-13-9-7-11-43(50)45-17-15-40(28-52(45)61)63-42-24-35(3)23-39(27-42)48-31-60-49(32-59-48)47-30-54(38(6)36(4)37(47)5)64-41-16-18-46-44-12-8-10-14-51(44)62(53(46)29-41)56-26-34(2)20-22-58-56/h7-32H,1-6H3. The lowest BCUT2D eigenvalue weighted by Gasteiger charge is -2.17. The van der Waals surface area contributed by atoms with E-state index in [1.54, 1.807) is 0 Å². The van der Waals surface area contributed by atoms with Gasteiger partial charge in [-0.15, -0.1) is 0 Å². The van der Waals surface area contributed by atoms with Crippen molar-refractivity contribution < 1.29 is 9.47 Å². The fourth-order valence-corrected chi connectivity index (χ4v) is 9.03. The molecule has 64 heavy (non-hydrogen) atoms. The maximum Gasteiger partial charge on any atom is 0.137 e. The number of pyridine rings is 2. The van der Waals surface area contributed by atoms with E-state index in [-0.39, 0.29) is 0 Å². The summed E-state index contributed by atoms with van der Waals surface area (Å²) in [5, 5.41) is 4.62. The Hall–Kier alpha value is -8.10. The largest absolute Gasteiger partial charge is 0.457 e. The summed E-state index contributed by atoms with van der Waals surface area (Å²) in [5.74, 6) is 4.71. The molecule has 0 unspecified atom stereocenters. The molecule has 6 aromatic carbocycles. The summed E-state index contributed by atoms with van der Waals surface area (Å²) in [4.78, 5) is 19.4. The molecule has 0 aliphatic rings. The van der Waals surface area contributed by atoms with Crippen LogP contribution < -0.4 is 9.47 Å². The maximum atomic E-state index is 6.77. The van der Waals surface area contributed by atoms with Crippen LogP contribution in [0.15, 0.2) is 158 Å². The molecule has 0 saturated carbocycles. The molecule has 310 valence electrons. The number of fused-ring (bicyclic) bond motifs is 6. The number of hydrogen-bond donors (Lipinski definition) is 0. The van der Waals surface area contributed by atoms with Gasteiger partial charge in [0.15, 0.2) is 0 Å². The van der Waals surface area contributed by atoms with Crippen LogP contribution >= 0.6 is 0 Å². The van der Waals surface area contributed by atoms with E-state index >= 15 is 0 Å². The summed E-state index contributed by atoms with van der Waals surface area (Å²) in [7, 11) is 0. The molecule has 0 N–H and O–H groups in total. The van der Waals surface area contributed by atoms with E-state index in [2.05, 4.69) is 148 Å². The van der Waals surface area contributed by atoms with Gasteiger partial charge in [-0.05, 0) is 160 Å². The highest BCUT2D eigenvalue weighted by atomic mass is 16.5. The van der Waals surface area contributed by atoms with E-state index in [1.165, 1.54) is 10.8 Å². The van der Waals surface area contributed by atoms with Crippen molar-refractivity contribution in [2.75, 3.05) is 0 Å². The van der Waals surface area contributed by atoms with Gasteiger partial charge in [-0.25, -0.2) is 9.97 Å². The van der Waals surface area contributed by atoms with Crippen molar-refractivity contribution in [2.24, 2.45) is 0 Å². The van der Waals surface area contributed by atoms with E-state index in [4.69, 9.17) is 29.4 Å². The quantitative estimate of drug-likeness (QED) is 0.152. The summed E-state index contributed by atoms with van der Waals surface area (Å²) in [6, 6.07) is 46.0. The van der Waals surface area contributed by atoms with Gasteiger partial charge in [-0.1, -0.05) is 36.4 Å². The molecule has 0 atom stereocenters. The van der Waals surface area contributed by atoms with Crippen LogP contribution in [0.4, 0.5) is 0 Å². The topological polar surface area (TPSA) is 79.9 Å². The zero-order chi connectivity index (χ0) is 43.6. The first-order valence-electron chi connectivity index (χ1n) is 21.5. The Kier molecular flexibility index (Phi) is 9.31. The van der Waals surface area contributed by atoms with Crippen molar-refractivity contribution in [2.45, 2.75) is 41.5 Å². The van der Waals surface area contributed by atoms with E-state index in [0.29, 0.717) is 0 Å². The summed E-state index contributed by atoms with van der Waals surface area (Å²) >= 11 is 0. The number of aryl methyl sites for hydroxylation is 3. The van der Waals surface area contributed by atoms with Crippen LogP contribution in [0, 0.1) is 41.5 Å². The van der Waals surface area contributed by atoms with Crippen molar-refractivity contribution in [3.63, 3.8) is 0 Å². The molecular formula is C56H44N6O2. The highest BCUT2D eigenvalue weighted by Crippen LogP contribution is 2.40. The third-order valence-electron chi connectivity index (χ3n) is 12.5. The number of para-hydroxylation sites is 2. The van der Waals surface area contributed by atoms with Crippen molar-refractivity contribution in [1.29, 1.82) is 0 Å². The number of aromatic nitrogens is 6. The van der Waals surface area contributed by atoms with Gasteiger partial charge in [-0.3, -0.25) is 19.1 Å². The van der Waals surface area contributed by atoms with Crippen LogP contribution in [0.3, 0.4) is 0 Å². The summed E-state index contributed by atoms with van der Waals surface area (Å²) < 4.78 is 17.8. The molecule has 0 fully saturated rings. The van der Waals surface area contributed by atoms with Crippen LogP contribution in [0.25, 0.3) is 77.8 Å². The van der Waals surface area contributed by atoms with E-state index in [0.717, 1.165) is 123 Å². The minimum absolute atomic E-state index is 0.720. The summed E-state index contributed by atoms with van der Waals surface area (Å²) in [6.07, 6.45) is 7.42. The van der Waals surface area contributed by atoms with E-state index < -0.39 is 0 Å². The molecular weight excluding hydrogens is 789 g/mol. The Morgan fingerprint density at radius 2 is 0.938 bits per heavy atom. The molecule has 8 heteroatoms. The molecule has 11 rings (SSSR count). The Morgan fingerprint density at radius 1 is 0.391 bits per heavy atom. The third-order valence-corrected chi connectivity index (χ3v) is 12.5. The highest BCUT2D eigenvalue weighted by Gasteiger charge is 2.19. The Morgan fingerprint density at radius 3 is 1.52 bits per heavy atom. The molecule has 0 aliphatic heterocycles. The summed E-state index contributed by atoms with van der Waals surface area (Å²) in [5.41, 5.74) is 14.4. The minimum Gasteiger partial charge on any atom is -0.457 e. The van der Waals surface area contributed by atoms with E-state index in [1.807, 2.05) is 61.2 Å².